The van der Waals surface area contributed by atoms with Crippen LogP contribution in [0, 0.1) is 5.92 Å². The van der Waals surface area contributed by atoms with E-state index in [0.29, 0.717) is 23.0 Å². The third-order valence-corrected chi connectivity index (χ3v) is 7.63. The van der Waals surface area contributed by atoms with Gasteiger partial charge in [-0.2, -0.15) is 4.31 Å². The van der Waals surface area contributed by atoms with E-state index in [4.69, 9.17) is 0 Å². The van der Waals surface area contributed by atoms with E-state index < -0.39 is 15.9 Å². The summed E-state index contributed by atoms with van der Waals surface area (Å²) in [6, 6.07) is 6.98. The minimum absolute atomic E-state index is 0.000183. The first-order valence-corrected chi connectivity index (χ1v) is 11.6. The van der Waals surface area contributed by atoms with Crippen molar-refractivity contribution in [2.45, 2.75) is 31.6 Å². The van der Waals surface area contributed by atoms with E-state index in [1.165, 1.54) is 22.5 Å². The zero-order chi connectivity index (χ0) is 21.2. The number of phenolic OH excluding ortho intramolecular Hbond substituents is 1. The molecule has 1 heterocycles. The third kappa shape index (κ3) is 4.77. The fourth-order valence-electron chi connectivity index (χ4n) is 2.77. The van der Waals surface area contributed by atoms with Gasteiger partial charge in [-0.25, -0.2) is 8.42 Å². The SMILES string of the molecule is CCN(CC)S(=O)(=O)c1ccc(O)c(NC(=O)c2ccc(NC(=O)C3CC3)s2)c1. The van der Waals surface area contributed by atoms with Crippen LogP contribution in [0.1, 0.15) is 36.4 Å². The number of carbonyl (C=O) groups excluding carboxylic acids is 2. The molecule has 1 aliphatic rings. The lowest BCUT2D eigenvalue weighted by molar-refractivity contribution is -0.117. The summed E-state index contributed by atoms with van der Waals surface area (Å²) in [6.07, 6.45) is 1.77. The molecule has 2 aromatic rings. The molecule has 0 saturated heterocycles. The predicted octanol–water partition coefficient (Wildman–Crippen LogP) is 3.09. The van der Waals surface area contributed by atoms with E-state index in [1.54, 1.807) is 26.0 Å². The molecule has 29 heavy (non-hydrogen) atoms. The lowest BCUT2D eigenvalue weighted by Gasteiger charge is -2.19. The fourth-order valence-corrected chi connectivity index (χ4v) is 5.06. The first-order valence-electron chi connectivity index (χ1n) is 9.31. The zero-order valence-corrected chi connectivity index (χ0v) is 17.8. The number of phenols is 1. The minimum atomic E-state index is -3.73. The van der Waals surface area contributed by atoms with Gasteiger partial charge in [0, 0.05) is 19.0 Å². The second-order valence-electron chi connectivity index (χ2n) is 6.65. The van der Waals surface area contributed by atoms with Gasteiger partial charge in [0.2, 0.25) is 15.9 Å². The lowest BCUT2D eigenvalue weighted by Crippen LogP contribution is -2.30. The number of thiophene rings is 1. The van der Waals surface area contributed by atoms with E-state index >= 15 is 0 Å². The van der Waals surface area contributed by atoms with Crippen LogP contribution >= 0.6 is 11.3 Å². The number of anilines is 2. The van der Waals surface area contributed by atoms with Gasteiger partial charge in [-0.3, -0.25) is 9.59 Å². The molecule has 0 aliphatic heterocycles. The van der Waals surface area contributed by atoms with Crippen molar-refractivity contribution in [3.8, 4) is 5.75 Å². The molecule has 3 rings (SSSR count). The Bertz CT molecular complexity index is 1020. The molecule has 1 aliphatic carbocycles. The van der Waals surface area contributed by atoms with Gasteiger partial charge >= 0.3 is 0 Å². The highest BCUT2D eigenvalue weighted by molar-refractivity contribution is 7.89. The standard InChI is InChI=1S/C19H23N3O5S2/c1-3-22(4-2)29(26,27)13-7-8-15(23)14(11-13)20-19(25)16-9-10-17(28-16)21-18(24)12-5-6-12/h7-12,23H,3-6H2,1-2H3,(H,20,25)(H,21,24). The predicted molar refractivity (Wildman–Crippen MR) is 112 cm³/mol. The van der Waals surface area contributed by atoms with Crippen LogP contribution in [0.25, 0.3) is 0 Å². The molecule has 10 heteroatoms. The maximum Gasteiger partial charge on any atom is 0.265 e. The number of sulfonamides is 1. The minimum Gasteiger partial charge on any atom is -0.506 e. The summed E-state index contributed by atoms with van der Waals surface area (Å²) in [4.78, 5) is 24.7. The lowest BCUT2D eigenvalue weighted by atomic mass is 10.3. The second-order valence-corrected chi connectivity index (χ2v) is 9.67. The number of rotatable bonds is 8. The van der Waals surface area contributed by atoms with Gasteiger partial charge in [0.25, 0.3) is 5.91 Å². The number of amides is 2. The summed E-state index contributed by atoms with van der Waals surface area (Å²) in [7, 11) is -3.73. The Hall–Kier alpha value is -2.43. The third-order valence-electron chi connectivity index (χ3n) is 4.58. The number of hydrogen-bond acceptors (Lipinski definition) is 6. The summed E-state index contributed by atoms with van der Waals surface area (Å²) in [5.41, 5.74) is 0.000183. The van der Waals surface area contributed by atoms with Crippen LogP contribution in [0.4, 0.5) is 10.7 Å². The van der Waals surface area contributed by atoms with Crippen LogP contribution < -0.4 is 10.6 Å². The summed E-state index contributed by atoms with van der Waals surface area (Å²) >= 11 is 1.11. The van der Waals surface area contributed by atoms with Crippen LogP contribution in [-0.4, -0.2) is 42.7 Å². The topological polar surface area (TPSA) is 116 Å². The number of benzene rings is 1. The van der Waals surface area contributed by atoms with E-state index in [1.807, 2.05) is 0 Å². The van der Waals surface area contributed by atoms with Crippen LogP contribution in [0.2, 0.25) is 0 Å². The van der Waals surface area contributed by atoms with Gasteiger partial charge in [0.05, 0.1) is 20.5 Å². The highest BCUT2D eigenvalue weighted by Crippen LogP contribution is 2.32. The number of carbonyl (C=O) groups is 2. The molecule has 8 nitrogen and oxygen atoms in total. The number of nitrogens with zero attached hydrogens (tertiary/aromatic N) is 1. The van der Waals surface area contributed by atoms with E-state index in [-0.39, 0.29) is 28.2 Å². The van der Waals surface area contributed by atoms with Gasteiger partial charge in [-0.1, -0.05) is 13.8 Å². The Labute approximate surface area is 173 Å². The van der Waals surface area contributed by atoms with Gasteiger partial charge in [0.1, 0.15) is 5.75 Å². The molecule has 1 saturated carbocycles. The van der Waals surface area contributed by atoms with Crippen molar-refractivity contribution in [3.05, 3.63) is 35.2 Å². The van der Waals surface area contributed by atoms with Crippen molar-refractivity contribution in [2.75, 3.05) is 23.7 Å². The highest BCUT2D eigenvalue weighted by atomic mass is 32.2. The Balaban J connectivity index is 1.76. The molecule has 0 radical (unpaired) electrons. The highest BCUT2D eigenvalue weighted by Gasteiger charge is 2.30. The van der Waals surface area contributed by atoms with Crippen molar-refractivity contribution in [2.24, 2.45) is 5.92 Å². The zero-order valence-electron chi connectivity index (χ0n) is 16.1. The summed E-state index contributed by atoms with van der Waals surface area (Å²) in [5.74, 6) is -0.738. The van der Waals surface area contributed by atoms with Crippen molar-refractivity contribution < 1.29 is 23.1 Å². The molecule has 0 unspecified atom stereocenters. The van der Waals surface area contributed by atoms with Crippen LogP contribution in [0.3, 0.4) is 0 Å². The molecular formula is C19H23N3O5S2. The second kappa shape index (κ2) is 8.52. The van der Waals surface area contributed by atoms with Crippen LogP contribution in [-0.2, 0) is 14.8 Å². The number of nitrogens with one attached hydrogen (secondary N) is 2. The van der Waals surface area contributed by atoms with Gasteiger partial charge in [-0.05, 0) is 43.2 Å². The van der Waals surface area contributed by atoms with Gasteiger partial charge < -0.3 is 15.7 Å². The first-order chi connectivity index (χ1) is 13.8. The molecule has 0 bridgehead atoms. The molecule has 156 valence electrons. The molecule has 2 amide bonds. The van der Waals surface area contributed by atoms with E-state index in [9.17, 15) is 23.1 Å². The summed E-state index contributed by atoms with van der Waals surface area (Å²) in [6.45, 7) is 4.10. The Morgan fingerprint density at radius 1 is 1.14 bits per heavy atom. The molecular weight excluding hydrogens is 414 g/mol. The van der Waals surface area contributed by atoms with Crippen molar-refractivity contribution in [1.29, 1.82) is 0 Å². The fraction of sp³-hybridized carbons (Fsp3) is 0.368. The Morgan fingerprint density at radius 2 is 1.83 bits per heavy atom. The summed E-state index contributed by atoms with van der Waals surface area (Å²) in [5, 5.41) is 15.9. The number of aromatic hydroxyl groups is 1. The smallest absolute Gasteiger partial charge is 0.265 e. The molecule has 1 fully saturated rings. The molecule has 3 N–H and O–H groups in total. The van der Waals surface area contributed by atoms with Crippen LogP contribution in [0.5, 0.6) is 5.75 Å². The summed E-state index contributed by atoms with van der Waals surface area (Å²) < 4.78 is 26.6. The normalized spacial score (nSPS) is 14.0. The van der Waals surface area contributed by atoms with Gasteiger partial charge in [0.15, 0.2) is 0 Å². The van der Waals surface area contributed by atoms with E-state index in [0.717, 1.165) is 24.2 Å². The van der Waals surface area contributed by atoms with E-state index in [2.05, 4.69) is 10.6 Å². The molecule has 0 atom stereocenters. The Kier molecular flexibility index (Phi) is 6.25. The van der Waals surface area contributed by atoms with Crippen molar-refractivity contribution in [3.63, 3.8) is 0 Å². The van der Waals surface area contributed by atoms with Crippen molar-refractivity contribution >= 4 is 43.9 Å². The average Bonchev–Trinajstić information content (AvgIpc) is 3.43. The monoisotopic (exact) mass is 437 g/mol. The molecule has 0 spiro atoms. The maximum absolute atomic E-state index is 12.7. The average molecular weight is 438 g/mol. The Morgan fingerprint density at radius 3 is 2.45 bits per heavy atom. The molecule has 1 aromatic heterocycles. The maximum atomic E-state index is 12.7. The van der Waals surface area contributed by atoms with Gasteiger partial charge in [-0.15, -0.1) is 11.3 Å². The largest absolute Gasteiger partial charge is 0.506 e. The first kappa shape index (κ1) is 21.3. The van der Waals surface area contributed by atoms with Crippen molar-refractivity contribution in [1.82, 2.24) is 4.31 Å². The number of hydrogen-bond donors (Lipinski definition) is 3. The van der Waals surface area contributed by atoms with Crippen LogP contribution in [0.15, 0.2) is 35.2 Å². The quantitative estimate of drug-likeness (QED) is 0.549. The molecule has 1 aromatic carbocycles.